The first-order chi connectivity index (χ1) is 21.8. The number of alkyl halides is 1. The van der Waals surface area contributed by atoms with E-state index in [1.807, 2.05) is 110 Å². The Morgan fingerprint density at radius 1 is 0.689 bits per heavy atom. The number of nitrogens with zero attached hydrogens (tertiary/aromatic N) is 2. The van der Waals surface area contributed by atoms with Gasteiger partial charge in [0, 0.05) is 15.7 Å². The van der Waals surface area contributed by atoms with Gasteiger partial charge < -0.3 is 5.32 Å². The summed E-state index contributed by atoms with van der Waals surface area (Å²) in [5, 5.41) is 3.12. The van der Waals surface area contributed by atoms with Gasteiger partial charge in [-0.2, -0.15) is 0 Å². The molecule has 2 heterocycles. The largest absolute Gasteiger partial charge is 0.320 e. The van der Waals surface area contributed by atoms with Crippen LogP contribution >= 0.6 is 45.9 Å². The molecule has 0 saturated heterocycles. The number of rotatable bonds is 9. The Hall–Kier alpha value is -2.35. The van der Waals surface area contributed by atoms with E-state index < -0.39 is 25.4 Å². The molecule has 0 spiro atoms. The zero-order valence-corrected chi connectivity index (χ0v) is 28.9. The van der Waals surface area contributed by atoms with E-state index in [0.29, 0.717) is 24.4 Å². The minimum atomic E-state index is -3.47. The van der Waals surface area contributed by atoms with Crippen LogP contribution in [0.15, 0.2) is 119 Å². The predicted molar refractivity (Wildman–Crippen MR) is 194 cm³/mol. The molecule has 4 aromatic carbocycles. The van der Waals surface area contributed by atoms with Crippen LogP contribution in [0.2, 0.25) is 0 Å². The van der Waals surface area contributed by atoms with Crippen molar-refractivity contribution in [2.24, 2.45) is 0 Å². The van der Waals surface area contributed by atoms with Gasteiger partial charge in [-0.25, -0.2) is 17.0 Å². The predicted octanol–water partition coefficient (Wildman–Crippen LogP) is 9.53. The first-order valence-electron chi connectivity index (χ1n) is 14.7. The quantitative estimate of drug-likeness (QED) is 0.117. The average Bonchev–Trinajstić information content (AvgIpc) is 3.05. The monoisotopic (exact) mass is 703 g/mol. The molecule has 2 atom stereocenters. The summed E-state index contributed by atoms with van der Waals surface area (Å²) in [6, 6.07) is 34.4. The molecule has 0 bridgehead atoms. The van der Waals surface area contributed by atoms with E-state index >= 15 is 0 Å². The first kappa shape index (κ1) is 34.0. The van der Waals surface area contributed by atoms with Crippen LogP contribution in [0, 0.1) is 0 Å². The highest BCUT2D eigenvalue weighted by molar-refractivity contribution is 8.34. The molecule has 0 radical (unpaired) electrons. The second-order valence-electron chi connectivity index (χ2n) is 10.4. The van der Waals surface area contributed by atoms with Crippen LogP contribution in [-0.2, 0) is 10.0 Å². The number of halogens is 1. The highest BCUT2D eigenvalue weighted by Crippen LogP contribution is 2.65. The second kappa shape index (κ2) is 15.5. The summed E-state index contributed by atoms with van der Waals surface area (Å²) in [4.78, 5) is 2.08. The second-order valence-corrected chi connectivity index (χ2v) is 17.9. The smallest absolute Gasteiger partial charge is 0.252 e. The van der Waals surface area contributed by atoms with Crippen LogP contribution in [-0.4, -0.2) is 46.2 Å². The van der Waals surface area contributed by atoms with Crippen molar-refractivity contribution in [2.75, 3.05) is 28.1 Å². The van der Waals surface area contributed by atoms with Crippen LogP contribution in [0.5, 0.6) is 0 Å². The van der Waals surface area contributed by atoms with Crippen molar-refractivity contribution in [2.45, 2.75) is 44.6 Å². The lowest BCUT2D eigenvalue weighted by atomic mass is 10.2. The standard InChI is InChI=1S/C17H22N2O2S2.C16H16ClNO2S2/c1-18-13-7-12-17-22-16-11-6-5-10-15(16)19(23(17,20)21)14-8-3-2-4-9-14;17-12-6-11-16-21-15-10-5-4-9-14(15)18(22(16,19)20)13-7-2-1-3-8-13/h2-6,8-11,17-18,20-21H,7,12-13H2,1H3;1-5,7-10,16H,6,11-12H2. The first-order valence-corrected chi connectivity index (χ1v) is 20.1. The summed E-state index contributed by atoms with van der Waals surface area (Å²) < 4.78 is 50.6. The summed E-state index contributed by atoms with van der Waals surface area (Å²) in [6.07, 6.45) is 2.90. The molecule has 12 heteroatoms. The fourth-order valence-corrected chi connectivity index (χ4v) is 12.8. The molecule has 4 aromatic rings. The summed E-state index contributed by atoms with van der Waals surface area (Å²) >= 11 is 8.74. The molecule has 0 saturated carbocycles. The van der Waals surface area contributed by atoms with Crippen molar-refractivity contribution in [3.8, 4) is 0 Å². The Bertz CT molecular complexity index is 1650. The SMILES string of the molecule is CNCCCC1Sc2ccccc2N(c2ccccc2)S1(O)O.O=S1(=O)C(CCCCl)Sc2ccccc2N1c1ccccc1. The van der Waals surface area contributed by atoms with E-state index in [0.717, 1.165) is 46.2 Å². The molecule has 0 amide bonds. The minimum absolute atomic E-state index is 0.231. The van der Waals surface area contributed by atoms with Gasteiger partial charge in [0.2, 0.25) is 0 Å². The number of sulfonamides is 1. The topological polar surface area (TPSA) is 93.1 Å². The fraction of sp³-hybridized carbons (Fsp3) is 0.273. The van der Waals surface area contributed by atoms with Gasteiger partial charge in [-0.15, -0.1) is 34.1 Å². The van der Waals surface area contributed by atoms with Gasteiger partial charge in [-0.3, -0.25) is 9.11 Å². The molecule has 0 fully saturated rings. The van der Waals surface area contributed by atoms with E-state index in [4.69, 9.17) is 11.6 Å². The van der Waals surface area contributed by atoms with Crippen molar-refractivity contribution in [1.29, 1.82) is 0 Å². The molecular formula is C33H38ClN3O4S4. The molecule has 2 aliphatic rings. The lowest BCUT2D eigenvalue weighted by Gasteiger charge is -2.52. The molecule has 7 nitrogen and oxygen atoms in total. The Morgan fingerprint density at radius 3 is 1.71 bits per heavy atom. The molecule has 6 rings (SSSR count). The zero-order valence-electron chi connectivity index (χ0n) is 24.9. The number of fused-ring (bicyclic) bond motifs is 2. The molecule has 2 unspecified atom stereocenters. The number of benzene rings is 4. The van der Waals surface area contributed by atoms with Crippen LogP contribution in [0.25, 0.3) is 0 Å². The van der Waals surface area contributed by atoms with Crippen LogP contribution in [0.3, 0.4) is 0 Å². The third kappa shape index (κ3) is 7.63. The van der Waals surface area contributed by atoms with E-state index in [1.165, 1.54) is 16.1 Å². The normalized spacial score (nSPS) is 20.3. The summed E-state index contributed by atoms with van der Waals surface area (Å²) in [7, 11) is -4.49. The molecule has 0 aromatic heterocycles. The maximum absolute atomic E-state index is 13.0. The van der Waals surface area contributed by atoms with E-state index in [9.17, 15) is 17.5 Å². The minimum Gasteiger partial charge on any atom is -0.320 e. The van der Waals surface area contributed by atoms with Gasteiger partial charge in [0.25, 0.3) is 10.0 Å². The maximum atomic E-state index is 13.0. The van der Waals surface area contributed by atoms with E-state index in [1.54, 1.807) is 16.1 Å². The lowest BCUT2D eigenvalue weighted by Crippen LogP contribution is -2.37. The molecule has 2 aliphatic heterocycles. The van der Waals surface area contributed by atoms with Gasteiger partial charge in [-0.05, 0) is 87.8 Å². The number of thioether (sulfide) groups is 2. The average molecular weight is 704 g/mol. The molecule has 3 N–H and O–H groups in total. The van der Waals surface area contributed by atoms with Crippen molar-refractivity contribution < 1.29 is 17.5 Å². The Balaban J connectivity index is 0.000000178. The van der Waals surface area contributed by atoms with Gasteiger partial charge >= 0.3 is 0 Å². The third-order valence-corrected chi connectivity index (χ3v) is 15.6. The third-order valence-electron chi connectivity index (χ3n) is 7.31. The maximum Gasteiger partial charge on any atom is 0.252 e. The Kier molecular flexibility index (Phi) is 11.7. The summed E-state index contributed by atoms with van der Waals surface area (Å²) in [5.74, 6) is 0.472. The Morgan fingerprint density at radius 2 is 1.16 bits per heavy atom. The van der Waals surface area contributed by atoms with Crippen molar-refractivity contribution >= 4 is 78.7 Å². The molecule has 240 valence electrons. The molecular weight excluding hydrogens is 666 g/mol. The van der Waals surface area contributed by atoms with Gasteiger partial charge in [0.05, 0.1) is 22.7 Å². The number of hydrogen-bond donors (Lipinski definition) is 3. The van der Waals surface area contributed by atoms with Crippen molar-refractivity contribution in [1.82, 2.24) is 5.32 Å². The molecule has 45 heavy (non-hydrogen) atoms. The molecule has 0 aliphatic carbocycles. The number of para-hydroxylation sites is 4. The number of anilines is 4. The highest BCUT2D eigenvalue weighted by atomic mass is 35.5. The number of hydrogen-bond acceptors (Lipinski definition) is 8. The highest BCUT2D eigenvalue weighted by Gasteiger charge is 2.41. The van der Waals surface area contributed by atoms with Crippen LogP contribution < -0.4 is 13.9 Å². The van der Waals surface area contributed by atoms with Gasteiger partial charge in [-0.1, -0.05) is 72.4 Å². The van der Waals surface area contributed by atoms with Gasteiger partial charge in [0.1, 0.15) is 9.16 Å². The summed E-state index contributed by atoms with van der Waals surface area (Å²) in [6.45, 7) is 0.875. The fourth-order valence-electron chi connectivity index (χ4n) is 5.20. The van der Waals surface area contributed by atoms with E-state index in [-0.39, 0.29) is 4.58 Å². The van der Waals surface area contributed by atoms with Crippen LogP contribution in [0.1, 0.15) is 25.7 Å². The summed E-state index contributed by atoms with van der Waals surface area (Å²) in [5.41, 5.74) is 3.08. The zero-order chi connectivity index (χ0) is 31.9. The van der Waals surface area contributed by atoms with E-state index in [2.05, 4.69) is 11.4 Å². The lowest BCUT2D eigenvalue weighted by molar-refractivity contribution is 0.477. The number of nitrogens with one attached hydrogen (secondary N) is 1. The Labute approximate surface area is 281 Å². The van der Waals surface area contributed by atoms with Crippen molar-refractivity contribution in [3.05, 3.63) is 109 Å². The van der Waals surface area contributed by atoms with Gasteiger partial charge in [0.15, 0.2) is 0 Å². The van der Waals surface area contributed by atoms with Crippen LogP contribution in [0.4, 0.5) is 22.7 Å². The van der Waals surface area contributed by atoms with Crippen molar-refractivity contribution in [3.63, 3.8) is 0 Å².